The fourth-order valence-electron chi connectivity index (χ4n) is 1.28. The van der Waals surface area contributed by atoms with Gasteiger partial charge in [-0.3, -0.25) is 4.79 Å². The highest BCUT2D eigenvalue weighted by atomic mass is 35.5. The van der Waals surface area contributed by atoms with E-state index in [2.05, 4.69) is 5.32 Å². The highest BCUT2D eigenvalue weighted by molar-refractivity contribution is 6.35. The smallest absolute Gasteiger partial charge is 0.252 e. The number of carbonyl (C=O) groups excluding carboxylic acids is 1. The van der Waals surface area contributed by atoms with Crippen molar-refractivity contribution >= 4 is 17.5 Å². The van der Waals surface area contributed by atoms with Crippen LogP contribution in [0.1, 0.15) is 23.2 Å². The minimum Gasteiger partial charge on any atom is -0.489 e. The van der Waals surface area contributed by atoms with Crippen molar-refractivity contribution < 1.29 is 9.53 Å². The quantitative estimate of drug-likeness (QED) is 0.857. The molecule has 1 aromatic carbocycles. The number of halogens is 1. The zero-order valence-corrected chi connectivity index (χ0v) is 9.17. The second-order valence-corrected chi connectivity index (χ2v) is 3.89. The lowest BCUT2D eigenvalue weighted by atomic mass is 10.2. The van der Waals surface area contributed by atoms with Gasteiger partial charge < -0.3 is 10.1 Å². The molecular formula is C11H12ClNO2. The van der Waals surface area contributed by atoms with E-state index in [-0.39, 0.29) is 12.0 Å². The van der Waals surface area contributed by atoms with Gasteiger partial charge in [0, 0.05) is 7.05 Å². The molecule has 1 N–H and O–H groups in total. The Balaban J connectivity index is 2.27. The molecule has 15 heavy (non-hydrogen) atoms. The molecule has 4 heteroatoms. The standard InChI is InChI=1S/C11H12ClNO2/c1-13-11(14)8-3-2-4-9(10(8)12)15-7-5-6-7/h2-4,7H,5-6H2,1H3,(H,13,14). The van der Waals surface area contributed by atoms with Crippen LogP contribution in [0.2, 0.25) is 5.02 Å². The summed E-state index contributed by atoms with van der Waals surface area (Å²) in [5, 5.41) is 2.93. The Morgan fingerprint density at radius 3 is 2.87 bits per heavy atom. The number of carbonyl (C=O) groups is 1. The molecule has 1 aromatic rings. The van der Waals surface area contributed by atoms with Crippen molar-refractivity contribution in [3.8, 4) is 5.75 Å². The maximum Gasteiger partial charge on any atom is 0.252 e. The molecule has 1 fully saturated rings. The fraction of sp³-hybridized carbons (Fsp3) is 0.364. The van der Waals surface area contributed by atoms with Gasteiger partial charge in [0.1, 0.15) is 5.75 Å². The molecule has 0 heterocycles. The van der Waals surface area contributed by atoms with Crippen LogP contribution < -0.4 is 10.1 Å². The Labute approximate surface area is 93.4 Å². The van der Waals surface area contributed by atoms with E-state index in [1.54, 1.807) is 25.2 Å². The third-order valence-corrected chi connectivity index (χ3v) is 2.64. The van der Waals surface area contributed by atoms with Crippen molar-refractivity contribution in [3.63, 3.8) is 0 Å². The van der Waals surface area contributed by atoms with Crippen LogP contribution in [0.3, 0.4) is 0 Å². The predicted octanol–water partition coefficient (Wildman–Crippen LogP) is 2.24. The molecule has 1 amide bonds. The summed E-state index contributed by atoms with van der Waals surface area (Å²) in [5.41, 5.74) is 0.456. The molecule has 0 aromatic heterocycles. The minimum absolute atomic E-state index is 0.193. The number of ether oxygens (including phenoxy) is 1. The Kier molecular flexibility index (Phi) is 2.82. The third-order valence-electron chi connectivity index (χ3n) is 2.25. The van der Waals surface area contributed by atoms with E-state index < -0.39 is 0 Å². The number of hydrogen-bond donors (Lipinski definition) is 1. The Morgan fingerprint density at radius 1 is 1.53 bits per heavy atom. The monoisotopic (exact) mass is 225 g/mol. The van der Waals surface area contributed by atoms with Crippen LogP contribution in [0.5, 0.6) is 5.75 Å². The van der Waals surface area contributed by atoms with Gasteiger partial charge in [-0.05, 0) is 25.0 Å². The van der Waals surface area contributed by atoms with Crippen LogP contribution in [0.15, 0.2) is 18.2 Å². The van der Waals surface area contributed by atoms with E-state index in [4.69, 9.17) is 16.3 Å². The molecule has 80 valence electrons. The lowest BCUT2D eigenvalue weighted by Gasteiger charge is -2.09. The second-order valence-electron chi connectivity index (χ2n) is 3.51. The van der Waals surface area contributed by atoms with E-state index >= 15 is 0 Å². The molecule has 0 bridgehead atoms. The molecule has 1 aliphatic rings. The van der Waals surface area contributed by atoms with Gasteiger partial charge in [-0.1, -0.05) is 17.7 Å². The van der Waals surface area contributed by atoms with Crippen molar-refractivity contribution in [2.75, 3.05) is 7.05 Å². The van der Waals surface area contributed by atoms with E-state index in [0.717, 1.165) is 12.8 Å². The number of amides is 1. The van der Waals surface area contributed by atoms with Gasteiger partial charge in [0.25, 0.3) is 5.91 Å². The molecule has 0 aliphatic heterocycles. The van der Waals surface area contributed by atoms with Gasteiger partial charge in [-0.25, -0.2) is 0 Å². The number of hydrogen-bond acceptors (Lipinski definition) is 2. The predicted molar refractivity (Wildman–Crippen MR) is 58.5 cm³/mol. The molecule has 0 unspecified atom stereocenters. The SMILES string of the molecule is CNC(=O)c1cccc(OC2CC2)c1Cl. The minimum atomic E-state index is -0.193. The first-order valence-corrected chi connectivity index (χ1v) is 5.27. The summed E-state index contributed by atoms with van der Waals surface area (Å²) in [6, 6.07) is 5.24. The topological polar surface area (TPSA) is 38.3 Å². The summed E-state index contributed by atoms with van der Waals surface area (Å²) in [4.78, 5) is 11.4. The summed E-state index contributed by atoms with van der Waals surface area (Å²) in [6.07, 6.45) is 2.42. The lowest BCUT2D eigenvalue weighted by molar-refractivity contribution is 0.0962. The molecular weight excluding hydrogens is 214 g/mol. The van der Waals surface area contributed by atoms with Gasteiger partial charge in [-0.15, -0.1) is 0 Å². The third kappa shape index (κ3) is 2.23. The first-order valence-electron chi connectivity index (χ1n) is 4.89. The van der Waals surface area contributed by atoms with Crippen molar-refractivity contribution in [1.82, 2.24) is 5.32 Å². The van der Waals surface area contributed by atoms with Gasteiger partial charge >= 0.3 is 0 Å². The van der Waals surface area contributed by atoms with Crippen molar-refractivity contribution in [2.45, 2.75) is 18.9 Å². The largest absolute Gasteiger partial charge is 0.489 e. The Bertz CT molecular complexity index is 388. The second kappa shape index (κ2) is 4.11. The lowest BCUT2D eigenvalue weighted by Crippen LogP contribution is -2.18. The molecule has 3 nitrogen and oxygen atoms in total. The maximum absolute atomic E-state index is 11.4. The van der Waals surface area contributed by atoms with Crippen LogP contribution in [-0.2, 0) is 0 Å². The van der Waals surface area contributed by atoms with Gasteiger partial charge in [0.05, 0.1) is 16.7 Å². The molecule has 1 aliphatic carbocycles. The van der Waals surface area contributed by atoms with Gasteiger partial charge in [0.15, 0.2) is 0 Å². The van der Waals surface area contributed by atoms with Crippen LogP contribution >= 0.6 is 11.6 Å². The first kappa shape index (κ1) is 10.3. The fourth-order valence-corrected chi connectivity index (χ4v) is 1.53. The number of nitrogens with one attached hydrogen (secondary N) is 1. The highest BCUT2D eigenvalue weighted by Crippen LogP contribution is 2.33. The van der Waals surface area contributed by atoms with Crippen molar-refractivity contribution in [1.29, 1.82) is 0 Å². The van der Waals surface area contributed by atoms with E-state index in [1.165, 1.54) is 0 Å². The van der Waals surface area contributed by atoms with Crippen molar-refractivity contribution in [3.05, 3.63) is 28.8 Å². The van der Waals surface area contributed by atoms with E-state index in [1.807, 2.05) is 0 Å². The molecule has 0 spiro atoms. The molecule has 0 saturated heterocycles. The summed E-state index contributed by atoms with van der Waals surface area (Å²) in [5.74, 6) is 0.404. The van der Waals surface area contributed by atoms with Crippen LogP contribution in [0.25, 0.3) is 0 Å². The van der Waals surface area contributed by atoms with Crippen molar-refractivity contribution in [2.24, 2.45) is 0 Å². The average molecular weight is 226 g/mol. The normalized spacial score (nSPS) is 14.8. The Morgan fingerprint density at radius 2 is 2.27 bits per heavy atom. The first-order chi connectivity index (χ1) is 7.22. The van der Waals surface area contributed by atoms with Gasteiger partial charge in [0.2, 0.25) is 0 Å². The molecule has 0 atom stereocenters. The van der Waals surface area contributed by atoms with Crippen LogP contribution in [-0.4, -0.2) is 19.1 Å². The number of benzene rings is 1. The maximum atomic E-state index is 11.4. The zero-order chi connectivity index (χ0) is 10.8. The van der Waals surface area contributed by atoms with Crippen LogP contribution in [0.4, 0.5) is 0 Å². The van der Waals surface area contributed by atoms with E-state index in [0.29, 0.717) is 16.3 Å². The summed E-state index contributed by atoms with van der Waals surface area (Å²) < 4.78 is 5.58. The van der Waals surface area contributed by atoms with Gasteiger partial charge in [-0.2, -0.15) is 0 Å². The molecule has 2 rings (SSSR count). The zero-order valence-electron chi connectivity index (χ0n) is 8.42. The number of rotatable bonds is 3. The highest BCUT2D eigenvalue weighted by Gasteiger charge is 2.25. The van der Waals surface area contributed by atoms with E-state index in [9.17, 15) is 4.79 Å². The molecule has 1 saturated carbocycles. The summed E-state index contributed by atoms with van der Waals surface area (Å²) in [7, 11) is 1.58. The average Bonchev–Trinajstić information content (AvgIpc) is 3.04. The summed E-state index contributed by atoms with van der Waals surface area (Å²) in [6.45, 7) is 0. The van der Waals surface area contributed by atoms with Crippen LogP contribution in [0, 0.1) is 0 Å². The Hall–Kier alpha value is -1.22. The summed E-state index contributed by atoms with van der Waals surface area (Å²) >= 11 is 6.07. The molecule has 0 radical (unpaired) electrons.